The SMILES string of the molecule is O.O=C1O[C@H]([C@H](O)CO)C(O)=C1O.[Na]. The first-order chi connectivity index (χ1) is 5.57. The average Bonchev–Trinajstić information content (AvgIpc) is 2.32. The standard InChI is InChI=1S/C6H8O6.Na.H2O/c7-1-2(8)5-3(9)4(10)6(11)12-5;;/h2,5,7-10H,1H2;;1H2/t2-,5-;;/m1../s1. The molecule has 77 valence electrons. The Hall–Kier alpha value is -0.310. The van der Waals surface area contributed by atoms with Crippen LogP contribution < -0.4 is 0 Å². The number of ether oxygens (including phenoxy) is 1. The normalized spacial score (nSPS) is 22.1. The van der Waals surface area contributed by atoms with Crippen LogP contribution in [0, 0.1) is 0 Å². The third-order valence-corrected chi connectivity index (χ3v) is 1.48. The first kappa shape index (κ1) is 16.1. The number of rotatable bonds is 2. The quantitative estimate of drug-likeness (QED) is 0.295. The van der Waals surface area contributed by atoms with E-state index in [1.807, 2.05) is 0 Å². The van der Waals surface area contributed by atoms with Crippen molar-refractivity contribution >= 4 is 35.5 Å². The van der Waals surface area contributed by atoms with Gasteiger partial charge in [-0.3, -0.25) is 0 Å². The molecule has 14 heavy (non-hydrogen) atoms. The van der Waals surface area contributed by atoms with E-state index in [-0.39, 0.29) is 35.0 Å². The zero-order valence-electron chi connectivity index (χ0n) is 7.47. The molecule has 0 spiro atoms. The van der Waals surface area contributed by atoms with Crippen LogP contribution in [0.4, 0.5) is 0 Å². The first-order valence-corrected chi connectivity index (χ1v) is 3.20. The van der Waals surface area contributed by atoms with E-state index in [0.717, 1.165) is 0 Å². The Morgan fingerprint density at radius 2 is 1.93 bits per heavy atom. The van der Waals surface area contributed by atoms with Crippen molar-refractivity contribution in [1.82, 2.24) is 0 Å². The smallest absolute Gasteiger partial charge is 0.377 e. The number of carbonyl (C=O) groups is 1. The maximum atomic E-state index is 10.5. The maximum Gasteiger partial charge on any atom is 0.377 e. The Labute approximate surface area is 101 Å². The van der Waals surface area contributed by atoms with E-state index >= 15 is 0 Å². The van der Waals surface area contributed by atoms with Gasteiger partial charge in [0.25, 0.3) is 0 Å². The van der Waals surface area contributed by atoms with Crippen LogP contribution in [0.15, 0.2) is 11.5 Å². The number of esters is 1. The molecule has 0 aliphatic carbocycles. The van der Waals surface area contributed by atoms with Gasteiger partial charge in [-0.1, -0.05) is 0 Å². The molecule has 0 unspecified atom stereocenters. The van der Waals surface area contributed by atoms with Crippen molar-refractivity contribution in [3.8, 4) is 0 Å². The molecule has 0 saturated carbocycles. The second kappa shape index (κ2) is 6.23. The van der Waals surface area contributed by atoms with Crippen molar-refractivity contribution in [3.63, 3.8) is 0 Å². The molecule has 1 radical (unpaired) electrons. The molecule has 0 saturated heterocycles. The molecular weight excluding hydrogens is 207 g/mol. The molecular formula is C6H10NaO7. The summed E-state index contributed by atoms with van der Waals surface area (Å²) in [5.41, 5.74) is 0. The van der Waals surface area contributed by atoms with Crippen molar-refractivity contribution in [1.29, 1.82) is 0 Å². The minimum atomic E-state index is -1.42. The van der Waals surface area contributed by atoms with E-state index in [1.165, 1.54) is 0 Å². The minimum Gasteiger partial charge on any atom is -0.505 e. The fourth-order valence-electron chi connectivity index (χ4n) is 0.823. The monoisotopic (exact) mass is 217 g/mol. The van der Waals surface area contributed by atoms with E-state index in [9.17, 15) is 4.79 Å². The van der Waals surface area contributed by atoms with Crippen molar-refractivity contribution in [2.75, 3.05) is 6.61 Å². The van der Waals surface area contributed by atoms with Gasteiger partial charge in [0.1, 0.15) is 6.10 Å². The van der Waals surface area contributed by atoms with Crippen molar-refractivity contribution < 1.29 is 35.4 Å². The van der Waals surface area contributed by atoms with Gasteiger partial charge in [-0.2, -0.15) is 0 Å². The van der Waals surface area contributed by atoms with E-state index in [1.54, 1.807) is 0 Å². The van der Waals surface area contributed by atoms with Gasteiger partial charge < -0.3 is 30.6 Å². The Bertz CT molecular complexity index is 238. The number of aliphatic hydroxyl groups excluding tert-OH is 4. The fraction of sp³-hybridized carbons (Fsp3) is 0.500. The van der Waals surface area contributed by atoms with Crippen LogP contribution in [0.5, 0.6) is 0 Å². The van der Waals surface area contributed by atoms with Crippen LogP contribution in [0.3, 0.4) is 0 Å². The van der Waals surface area contributed by atoms with Gasteiger partial charge in [-0.05, 0) is 0 Å². The molecule has 1 heterocycles. The summed E-state index contributed by atoms with van der Waals surface area (Å²) >= 11 is 0. The largest absolute Gasteiger partial charge is 0.505 e. The second-order valence-corrected chi connectivity index (χ2v) is 2.31. The second-order valence-electron chi connectivity index (χ2n) is 2.31. The van der Waals surface area contributed by atoms with E-state index in [0.29, 0.717) is 0 Å². The van der Waals surface area contributed by atoms with E-state index < -0.39 is 36.3 Å². The van der Waals surface area contributed by atoms with Crippen LogP contribution >= 0.6 is 0 Å². The summed E-state index contributed by atoms with van der Waals surface area (Å²) in [5, 5.41) is 35.0. The number of aliphatic hydroxyl groups is 4. The molecule has 0 fully saturated rings. The van der Waals surface area contributed by atoms with Crippen LogP contribution in [0.1, 0.15) is 0 Å². The van der Waals surface area contributed by atoms with E-state index in [4.69, 9.17) is 20.4 Å². The number of hydrogen-bond donors (Lipinski definition) is 4. The van der Waals surface area contributed by atoms with Crippen molar-refractivity contribution in [2.24, 2.45) is 0 Å². The molecule has 1 aliphatic rings. The van der Waals surface area contributed by atoms with Crippen LogP contribution in [0.25, 0.3) is 0 Å². The number of cyclic esters (lactones) is 1. The summed E-state index contributed by atoms with van der Waals surface area (Å²) < 4.78 is 4.32. The molecule has 0 aromatic heterocycles. The zero-order valence-corrected chi connectivity index (χ0v) is 9.47. The summed E-state index contributed by atoms with van der Waals surface area (Å²) in [4.78, 5) is 10.5. The van der Waals surface area contributed by atoms with Crippen molar-refractivity contribution in [2.45, 2.75) is 12.2 Å². The molecule has 0 amide bonds. The third-order valence-electron chi connectivity index (χ3n) is 1.48. The molecule has 0 aromatic carbocycles. The third kappa shape index (κ3) is 2.84. The fourth-order valence-corrected chi connectivity index (χ4v) is 0.823. The number of carbonyl (C=O) groups excluding carboxylic acids is 1. The van der Waals surface area contributed by atoms with Gasteiger partial charge >= 0.3 is 5.97 Å². The van der Waals surface area contributed by atoms with Crippen molar-refractivity contribution in [3.05, 3.63) is 11.5 Å². The first-order valence-electron chi connectivity index (χ1n) is 3.20. The summed E-state index contributed by atoms with van der Waals surface area (Å²) in [6.07, 6.45) is -2.78. The minimum absolute atomic E-state index is 0. The van der Waals surface area contributed by atoms with Gasteiger partial charge in [0.05, 0.1) is 6.61 Å². The van der Waals surface area contributed by atoms with Gasteiger partial charge in [0.2, 0.25) is 5.76 Å². The molecule has 7 nitrogen and oxygen atoms in total. The predicted octanol–water partition coefficient (Wildman–Crippen LogP) is -2.61. The summed E-state index contributed by atoms with van der Waals surface area (Å²) in [5.74, 6) is -2.78. The summed E-state index contributed by atoms with van der Waals surface area (Å²) in [6.45, 7) is -0.671. The molecule has 8 heteroatoms. The molecule has 1 rings (SSSR count). The molecule has 0 bridgehead atoms. The van der Waals surface area contributed by atoms with E-state index in [2.05, 4.69) is 4.74 Å². The van der Waals surface area contributed by atoms with Crippen LogP contribution in [-0.2, 0) is 9.53 Å². The Balaban J connectivity index is 0. The van der Waals surface area contributed by atoms with Gasteiger partial charge in [-0.15, -0.1) is 0 Å². The Morgan fingerprint density at radius 1 is 1.43 bits per heavy atom. The predicted molar refractivity (Wildman–Crippen MR) is 44.6 cm³/mol. The molecule has 2 atom stereocenters. The van der Waals surface area contributed by atoms with Gasteiger partial charge in [0.15, 0.2) is 11.9 Å². The van der Waals surface area contributed by atoms with Gasteiger partial charge in [0, 0.05) is 29.6 Å². The molecule has 1 aliphatic heterocycles. The molecule has 0 aromatic rings. The zero-order chi connectivity index (χ0) is 9.30. The Kier molecular flexibility index (Phi) is 7.17. The molecule has 6 N–H and O–H groups in total. The van der Waals surface area contributed by atoms with Gasteiger partial charge in [-0.25, -0.2) is 4.79 Å². The maximum absolute atomic E-state index is 10.5. The summed E-state index contributed by atoms with van der Waals surface area (Å²) in [6, 6.07) is 0. The topological polar surface area (TPSA) is 139 Å². The Morgan fingerprint density at radius 3 is 2.21 bits per heavy atom. The number of hydrogen-bond acceptors (Lipinski definition) is 6. The summed E-state index contributed by atoms with van der Waals surface area (Å²) in [7, 11) is 0. The van der Waals surface area contributed by atoms with Crippen LogP contribution in [-0.4, -0.2) is 80.2 Å². The average molecular weight is 217 g/mol. The van der Waals surface area contributed by atoms with Crippen LogP contribution in [0.2, 0.25) is 0 Å².